The highest BCUT2D eigenvalue weighted by Crippen LogP contribution is 2.37. The van der Waals surface area contributed by atoms with Gasteiger partial charge in [0.15, 0.2) is 5.78 Å². The third-order valence-corrected chi connectivity index (χ3v) is 5.58. The van der Waals surface area contributed by atoms with Gasteiger partial charge >= 0.3 is 0 Å². The molecule has 1 aliphatic rings. The molecule has 0 saturated heterocycles. The number of ether oxygens (including phenoxy) is 1. The molecule has 0 aliphatic carbocycles. The van der Waals surface area contributed by atoms with E-state index in [1.165, 1.54) is 6.21 Å². The van der Waals surface area contributed by atoms with Crippen LogP contribution in [0, 0.1) is 10.8 Å². The van der Waals surface area contributed by atoms with Gasteiger partial charge in [0, 0.05) is 40.7 Å². The van der Waals surface area contributed by atoms with E-state index in [1.807, 2.05) is 32.9 Å². The van der Waals surface area contributed by atoms with Crippen molar-refractivity contribution in [1.82, 2.24) is 5.32 Å². The maximum atomic E-state index is 13.0. The van der Waals surface area contributed by atoms with Gasteiger partial charge in [-0.25, -0.2) is 0 Å². The van der Waals surface area contributed by atoms with Crippen LogP contribution in [0.3, 0.4) is 0 Å². The number of nitrogens with one attached hydrogen (secondary N) is 2. The van der Waals surface area contributed by atoms with Gasteiger partial charge < -0.3 is 15.5 Å². The highest BCUT2D eigenvalue weighted by Gasteiger charge is 2.32. The van der Waals surface area contributed by atoms with Crippen molar-refractivity contribution in [2.75, 3.05) is 7.11 Å². The molecule has 4 nitrogen and oxygen atoms in total. The lowest BCUT2D eigenvalue weighted by molar-refractivity contribution is -0.111. The first kappa shape index (κ1) is 23.4. The molecule has 1 aliphatic heterocycles. The van der Waals surface area contributed by atoms with E-state index < -0.39 is 0 Å². The van der Waals surface area contributed by atoms with Crippen molar-refractivity contribution in [1.29, 1.82) is 5.41 Å². The lowest BCUT2D eigenvalue weighted by Crippen LogP contribution is -2.44. The molecule has 30 heavy (non-hydrogen) atoms. The summed E-state index contributed by atoms with van der Waals surface area (Å²) in [5.74, 6) is 0.621. The number of carbonyl (C=O) groups excluding carboxylic acids is 1. The number of hydrogen-bond acceptors (Lipinski definition) is 4. The van der Waals surface area contributed by atoms with Gasteiger partial charge in [-0.3, -0.25) is 4.79 Å². The molecule has 4 heteroatoms. The van der Waals surface area contributed by atoms with Crippen LogP contribution in [0.2, 0.25) is 0 Å². The Hall–Kier alpha value is -2.88. The molecule has 1 atom stereocenters. The Morgan fingerprint density at radius 3 is 2.40 bits per heavy atom. The van der Waals surface area contributed by atoms with Crippen molar-refractivity contribution in [2.45, 2.75) is 54.0 Å². The number of methoxy groups -OCH3 is 1. The molecule has 2 rings (SSSR count). The van der Waals surface area contributed by atoms with Crippen molar-refractivity contribution in [2.24, 2.45) is 5.41 Å². The highest BCUT2D eigenvalue weighted by atomic mass is 16.5. The second-order valence-electron chi connectivity index (χ2n) is 8.77. The number of ketones is 1. The van der Waals surface area contributed by atoms with Crippen LogP contribution >= 0.6 is 0 Å². The van der Waals surface area contributed by atoms with Crippen LogP contribution in [0.15, 0.2) is 48.1 Å². The number of fused-ring (bicyclic) bond motifs is 1. The summed E-state index contributed by atoms with van der Waals surface area (Å²) in [6.45, 7) is 16.1. The first-order valence-corrected chi connectivity index (χ1v) is 10.3. The van der Waals surface area contributed by atoms with Crippen LogP contribution < -0.4 is 10.1 Å². The molecule has 1 unspecified atom stereocenters. The third-order valence-electron chi connectivity index (χ3n) is 5.58. The summed E-state index contributed by atoms with van der Waals surface area (Å²) in [6, 6.07) is 4.23. The van der Waals surface area contributed by atoms with Crippen molar-refractivity contribution in [3.05, 3.63) is 64.8 Å². The summed E-state index contributed by atoms with van der Waals surface area (Å²) in [4.78, 5) is 13.0. The van der Waals surface area contributed by atoms with E-state index in [0.29, 0.717) is 11.3 Å². The molecule has 1 heterocycles. The summed E-state index contributed by atoms with van der Waals surface area (Å²) in [5.41, 5.74) is 5.97. The predicted octanol–water partition coefficient (Wildman–Crippen LogP) is 5.74. The summed E-state index contributed by atoms with van der Waals surface area (Å²) in [6.07, 6.45) is 7.56. The second-order valence-corrected chi connectivity index (χ2v) is 8.77. The summed E-state index contributed by atoms with van der Waals surface area (Å²) < 4.78 is 5.64. The molecular formula is C26H34N2O2. The molecule has 2 N–H and O–H groups in total. The van der Waals surface area contributed by atoms with Gasteiger partial charge in [0.2, 0.25) is 0 Å². The monoisotopic (exact) mass is 406 g/mol. The Morgan fingerprint density at radius 2 is 1.93 bits per heavy atom. The fraction of sp³-hybridized carbons (Fsp3) is 0.385. The molecule has 160 valence electrons. The second kappa shape index (κ2) is 9.29. The number of carbonyl (C=O) groups is 1. The summed E-state index contributed by atoms with van der Waals surface area (Å²) >= 11 is 0. The van der Waals surface area contributed by atoms with E-state index in [4.69, 9.17) is 10.1 Å². The zero-order chi connectivity index (χ0) is 22.6. The van der Waals surface area contributed by atoms with E-state index in [0.717, 1.165) is 40.0 Å². The summed E-state index contributed by atoms with van der Waals surface area (Å²) in [5, 5.41) is 11.4. The Labute approximate surface area is 180 Å². The van der Waals surface area contributed by atoms with Crippen molar-refractivity contribution in [3.8, 4) is 5.75 Å². The normalized spacial score (nSPS) is 18.5. The van der Waals surface area contributed by atoms with Gasteiger partial charge in [0.05, 0.1) is 7.11 Å². The molecule has 0 radical (unpaired) electrons. The Bertz CT molecular complexity index is 956. The topological polar surface area (TPSA) is 62.2 Å². The van der Waals surface area contributed by atoms with Crippen molar-refractivity contribution in [3.63, 3.8) is 0 Å². The quantitative estimate of drug-likeness (QED) is 0.360. The lowest BCUT2D eigenvalue weighted by Gasteiger charge is -2.38. The van der Waals surface area contributed by atoms with E-state index in [2.05, 4.69) is 38.7 Å². The molecular weight excluding hydrogens is 372 g/mol. The van der Waals surface area contributed by atoms with Gasteiger partial charge in [-0.1, -0.05) is 39.5 Å². The Morgan fingerprint density at radius 1 is 1.27 bits per heavy atom. The maximum Gasteiger partial charge on any atom is 0.187 e. The zero-order valence-electron chi connectivity index (χ0n) is 19.3. The maximum absolute atomic E-state index is 13.0. The largest absolute Gasteiger partial charge is 0.496 e. The van der Waals surface area contributed by atoms with Gasteiger partial charge in [-0.2, -0.15) is 0 Å². The predicted molar refractivity (Wildman–Crippen MR) is 127 cm³/mol. The van der Waals surface area contributed by atoms with Crippen LogP contribution in [0.25, 0.3) is 11.3 Å². The van der Waals surface area contributed by atoms with Gasteiger partial charge in [0.25, 0.3) is 0 Å². The number of allylic oxidation sites excluding steroid dienone is 6. The molecule has 0 fully saturated rings. The fourth-order valence-electron chi connectivity index (χ4n) is 3.74. The minimum Gasteiger partial charge on any atom is -0.496 e. The first-order chi connectivity index (χ1) is 14.1. The standard InChI is InChI=1S/C26H34N2O2/c1-9-17(15-27)21-11-18-12-25(26(5,6)7)28-22(20(18)13-24(21)30-8)14-23(29)19(10-2)16(3)4/h9-11,13-15,25,27-28H,3,12H2,1-2,4-8H3/b17-9+,19-10-,22-14-,27-15?. The smallest absolute Gasteiger partial charge is 0.187 e. The minimum atomic E-state index is -0.0651. The van der Waals surface area contributed by atoms with E-state index in [-0.39, 0.29) is 17.2 Å². The van der Waals surface area contributed by atoms with Crippen molar-refractivity contribution < 1.29 is 9.53 Å². The van der Waals surface area contributed by atoms with E-state index in [9.17, 15) is 4.79 Å². The van der Waals surface area contributed by atoms with E-state index >= 15 is 0 Å². The fourth-order valence-corrected chi connectivity index (χ4v) is 3.74. The zero-order valence-corrected chi connectivity index (χ0v) is 19.3. The Balaban J connectivity index is 2.72. The molecule has 1 aromatic rings. The SMILES string of the molecule is C=C(C)/C(=C/C)C(=O)/C=C1\NC(C(C)(C)C)Cc2cc(/C(C=N)=C/C)c(OC)cc21. The molecule has 0 aromatic heterocycles. The Kier molecular flexibility index (Phi) is 7.25. The van der Waals surface area contributed by atoms with Gasteiger partial charge in [-0.05, 0) is 61.4 Å². The summed E-state index contributed by atoms with van der Waals surface area (Å²) in [7, 11) is 1.63. The van der Waals surface area contributed by atoms with Gasteiger partial charge in [-0.15, -0.1) is 0 Å². The van der Waals surface area contributed by atoms with Crippen LogP contribution in [0.5, 0.6) is 5.75 Å². The van der Waals surface area contributed by atoms with Crippen LogP contribution in [0.1, 0.15) is 58.2 Å². The average molecular weight is 407 g/mol. The molecule has 0 spiro atoms. The van der Waals surface area contributed by atoms with Crippen LogP contribution in [-0.2, 0) is 11.2 Å². The molecule has 1 aromatic carbocycles. The van der Waals surface area contributed by atoms with Crippen molar-refractivity contribution >= 4 is 23.3 Å². The van der Waals surface area contributed by atoms with Crippen LogP contribution in [0.4, 0.5) is 0 Å². The van der Waals surface area contributed by atoms with Gasteiger partial charge in [0.1, 0.15) is 5.75 Å². The highest BCUT2D eigenvalue weighted by molar-refractivity contribution is 6.11. The minimum absolute atomic E-state index is 0.00265. The first-order valence-electron chi connectivity index (χ1n) is 10.3. The molecule has 0 amide bonds. The number of hydrogen-bond donors (Lipinski definition) is 2. The average Bonchev–Trinajstić information content (AvgIpc) is 2.67. The van der Waals surface area contributed by atoms with E-state index in [1.54, 1.807) is 19.3 Å². The number of benzene rings is 1. The van der Waals surface area contributed by atoms with Crippen LogP contribution in [-0.4, -0.2) is 25.1 Å². The number of rotatable bonds is 6. The molecule has 0 saturated carbocycles. The third kappa shape index (κ3) is 4.81. The lowest BCUT2D eigenvalue weighted by atomic mass is 9.78. The molecule has 0 bridgehead atoms.